The average Bonchev–Trinajstić information content (AvgIpc) is 2.26. The van der Waals surface area contributed by atoms with Crippen LogP contribution in [0.15, 0.2) is 43.5 Å². The Morgan fingerprint density at radius 1 is 1.00 bits per heavy atom. The van der Waals surface area contributed by atoms with Gasteiger partial charge in [0.2, 0.25) is 0 Å². The lowest BCUT2D eigenvalue weighted by atomic mass is 10.1. The molecule has 0 atom stereocenters. The quantitative estimate of drug-likeness (QED) is 0.600. The van der Waals surface area contributed by atoms with Gasteiger partial charge in [0.1, 0.15) is 0 Å². The molecule has 1 aromatic carbocycles. The number of hydrogen-bond donors (Lipinski definition) is 1. The highest BCUT2D eigenvalue weighted by molar-refractivity contribution is 5.28. The van der Waals surface area contributed by atoms with Crippen LogP contribution < -0.4 is 5.32 Å². The second-order valence-corrected chi connectivity index (χ2v) is 3.82. The van der Waals surface area contributed by atoms with E-state index in [0.717, 1.165) is 13.1 Å². The van der Waals surface area contributed by atoms with Gasteiger partial charge in [0, 0.05) is 13.1 Å². The van der Waals surface area contributed by atoms with Gasteiger partial charge in [0.05, 0.1) is 0 Å². The summed E-state index contributed by atoms with van der Waals surface area (Å²) in [5, 5.41) is 3.05. The van der Waals surface area contributed by atoms with Crippen LogP contribution in [0.1, 0.15) is 16.7 Å². The van der Waals surface area contributed by atoms with Crippen molar-refractivity contribution in [2.24, 2.45) is 0 Å². The summed E-state index contributed by atoms with van der Waals surface area (Å²) in [6.45, 7) is 15.2. The summed E-state index contributed by atoms with van der Waals surface area (Å²) in [6.07, 6.45) is 3.65. The lowest BCUT2D eigenvalue weighted by molar-refractivity contribution is 0.845. The van der Waals surface area contributed by atoms with Crippen LogP contribution in [-0.4, -0.2) is 13.1 Å². The minimum atomic E-state index is 0.867. The van der Waals surface area contributed by atoms with Crippen LogP contribution in [0.3, 0.4) is 0 Å². The lowest BCUT2D eigenvalue weighted by Gasteiger charge is -1.98. The molecule has 88 valence electrons. The van der Waals surface area contributed by atoms with E-state index in [9.17, 15) is 0 Å². The lowest BCUT2D eigenvalue weighted by Crippen LogP contribution is -2.11. The number of aryl methyl sites for hydroxylation is 3. The van der Waals surface area contributed by atoms with E-state index in [4.69, 9.17) is 0 Å². The second-order valence-electron chi connectivity index (χ2n) is 3.82. The smallest absolute Gasteiger partial charge is 0.0135 e. The van der Waals surface area contributed by atoms with Crippen molar-refractivity contribution in [3.63, 3.8) is 0 Å². The third-order valence-electron chi connectivity index (χ3n) is 2.24. The zero-order valence-electron chi connectivity index (χ0n) is 10.7. The molecule has 0 aliphatic carbocycles. The molecule has 0 radical (unpaired) electrons. The molecule has 1 N–H and O–H groups in total. The maximum atomic E-state index is 3.54. The molecule has 0 heterocycles. The van der Waals surface area contributed by atoms with Crippen LogP contribution in [0.25, 0.3) is 0 Å². The van der Waals surface area contributed by atoms with Crippen molar-refractivity contribution < 1.29 is 0 Å². The van der Waals surface area contributed by atoms with Gasteiger partial charge < -0.3 is 5.32 Å². The van der Waals surface area contributed by atoms with Gasteiger partial charge >= 0.3 is 0 Å². The fourth-order valence-corrected chi connectivity index (χ4v) is 1.18. The molecule has 1 nitrogen and oxygen atoms in total. The molecule has 0 bridgehead atoms. The van der Waals surface area contributed by atoms with Gasteiger partial charge in [0.25, 0.3) is 0 Å². The average molecular weight is 217 g/mol. The summed E-state index contributed by atoms with van der Waals surface area (Å²) in [6, 6.07) is 6.50. The van der Waals surface area contributed by atoms with Crippen molar-refractivity contribution in [1.82, 2.24) is 5.32 Å². The predicted octanol–water partition coefficient (Wildman–Crippen LogP) is 3.56. The Morgan fingerprint density at radius 3 is 1.94 bits per heavy atom. The van der Waals surface area contributed by atoms with Crippen molar-refractivity contribution in [3.8, 4) is 0 Å². The summed E-state index contributed by atoms with van der Waals surface area (Å²) in [5.41, 5.74) is 4.11. The minimum Gasteiger partial charge on any atom is -0.310 e. The standard InChI is InChI=1S/C9H12.C6H11N/c1-7-4-5-8(2)9(3)6-7;1-3-5-7-6-4-2/h4-6H,1-3H3;3-4,7H,1-2,5-6H2. The van der Waals surface area contributed by atoms with Gasteiger partial charge in [0.15, 0.2) is 0 Å². The van der Waals surface area contributed by atoms with E-state index >= 15 is 0 Å². The maximum Gasteiger partial charge on any atom is 0.0135 e. The third kappa shape index (κ3) is 7.02. The maximum absolute atomic E-state index is 3.54. The van der Waals surface area contributed by atoms with E-state index in [0.29, 0.717) is 0 Å². The van der Waals surface area contributed by atoms with Crippen LogP contribution in [0, 0.1) is 20.8 Å². The van der Waals surface area contributed by atoms with Crippen LogP contribution in [-0.2, 0) is 0 Å². The molecular weight excluding hydrogens is 194 g/mol. The zero-order valence-corrected chi connectivity index (χ0v) is 10.7. The molecule has 0 saturated heterocycles. The van der Waals surface area contributed by atoms with Crippen molar-refractivity contribution in [1.29, 1.82) is 0 Å². The molecule has 0 unspecified atom stereocenters. The molecule has 1 heteroatoms. The minimum absolute atomic E-state index is 0.867. The van der Waals surface area contributed by atoms with Crippen LogP contribution >= 0.6 is 0 Å². The fraction of sp³-hybridized carbons (Fsp3) is 0.333. The number of nitrogens with one attached hydrogen (secondary N) is 1. The molecule has 0 aliphatic heterocycles. The number of benzene rings is 1. The van der Waals surface area contributed by atoms with Crippen molar-refractivity contribution in [3.05, 3.63) is 60.2 Å². The first-order valence-corrected chi connectivity index (χ1v) is 5.58. The molecule has 0 spiro atoms. The topological polar surface area (TPSA) is 12.0 Å². The van der Waals surface area contributed by atoms with Crippen molar-refractivity contribution in [2.45, 2.75) is 20.8 Å². The second kappa shape index (κ2) is 8.93. The first-order valence-electron chi connectivity index (χ1n) is 5.58. The first kappa shape index (κ1) is 14.7. The van der Waals surface area contributed by atoms with Crippen LogP contribution in [0.5, 0.6) is 0 Å². The van der Waals surface area contributed by atoms with E-state index in [1.54, 1.807) is 0 Å². The van der Waals surface area contributed by atoms with Gasteiger partial charge in [-0.1, -0.05) is 35.9 Å². The van der Waals surface area contributed by atoms with Gasteiger partial charge in [-0.2, -0.15) is 0 Å². The SMILES string of the molecule is C=CCNCC=C.Cc1ccc(C)c(C)c1. The van der Waals surface area contributed by atoms with Gasteiger partial charge in [-0.25, -0.2) is 0 Å². The molecule has 0 aromatic heterocycles. The Hall–Kier alpha value is -1.34. The summed E-state index contributed by atoms with van der Waals surface area (Å²) in [4.78, 5) is 0. The highest BCUT2D eigenvalue weighted by atomic mass is 14.8. The Kier molecular flexibility index (Phi) is 8.18. The first-order chi connectivity index (χ1) is 7.61. The Bertz CT molecular complexity index is 318. The monoisotopic (exact) mass is 217 g/mol. The summed E-state index contributed by atoms with van der Waals surface area (Å²) >= 11 is 0. The van der Waals surface area contributed by atoms with E-state index in [2.05, 4.69) is 57.4 Å². The predicted molar refractivity (Wildman–Crippen MR) is 73.9 cm³/mol. The molecular formula is C15H23N. The summed E-state index contributed by atoms with van der Waals surface area (Å²) in [7, 11) is 0. The number of hydrogen-bond acceptors (Lipinski definition) is 1. The summed E-state index contributed by atoms with van der Waals surface area (Å²) in [5.74, 6) is 0. The highest BCUT2D eigenvalue weighted by Crippen LogP contribution is 2.07. The van der Waals surface area contributed by atoms with Gasteiger partial charge in [-0.3, -0.25) is 0 Å². The zero-order chi connectivity index (χ0) is 12.4. The van der Waals surface area contributed by atoms with Gasteiger partial charge in [-0.05, 0) is 31.9 Å². The van der Waals surface area contributed by atoms with E-state index < -0.39 is 0 Å². The largest absolute Gasteiger partial charge is 0.310 e. The molecule has 1 aromatic rings. The molecule has 0 aliphatic rings. The number of rotatable bonds is 4. The molecule has 0 saturated carbocycles. The molecule has 1 rings (SSSR count). The van der Waals surface area contributed by atoms with E-state index in [-0.39, 0.29) is 0 Å². The molecule has 0 amide bonds. The third-order valence-corrected chi connectivity index (χ3v) is 2.24. The molecule has 0 fully saturated rings. The normalized spacial score (nSPS) is 8.94. The summed E-state index contributed by atoms with van der Waals surface area (Å²) < 4.78 is 0. The Balaban J connectivity index is 0.000000293. The van der Waals surface area contributed by atoms with Crippen molar-refractivity contribution in [2.75, 3.05) is 13.1 Å². The van der Waals surface area contributed by atoms with E-state index in [1.165, 1.54) is 16.7 Å². The Labute approximate surface area is 99.9 Å². The van der Waals surface area contributed by atoms with Gasteiger partial charge in [-0.15, -0.1) is 13.2 Å². The Morgan fingerprint density at radius 2 is 1.56 bits per heavy atom. The van der Waals surface area contributed by atoms with Crippen LogP contribution in [0.2, 0.25) is 0 Å². The van der Waals surface area contributed by atoms with Crippen LogP contribution in [0.4, 0.5) is 0 Å². The highest BCUT2D eigenvalue weighted by Gasteiger charge is 1.89. The fourth-order valence-electron chi connectivity index (χ4n) is 1.18. The van der Waals surface area contributed by atoms with E-state index in [1.807, 2.05) is 12.2 Å². The van der Waals surface area contributed by atoms with Crippen molar-refractivity contribution >= 4 is 0 Å². The molecule has 16 heavy (non-hydrogen) atoms.